The number of nitrogens with one attached hydrogen (secondary N) is 1. The second-order valence-corrected chi connectivity index (χ2v) is 2.82. The molecule has 1 aliphatic carbocycles. The lowest BCUT2D eigenvalue weighted by Crippen LogP contribution is -2.03. The molecule has 0 radical (unpaired) electrons. The van der Waals surface area contributed by atoms with E-state index in [4.69, 9.17) is 5.26 Å². The van der Waals surface area contributed by atoms with Crippen molar-refractivity contribution in [2.75, 3.05) is 5.32 Å². The van der Waals surface area contributed by atoms with E-state index in [-0.39, 0.29) is 0 Å². The van der Waals surface area contributed by atoms with Crippen LogP contribution in [-0.4, -0.2) is 16.0 Å². The highest BCUT2D eigenvalue weighted by molar-refractivity contribution is 5.40. The molecule has 0 bridgehead atoms. The van der Waals surface area contributed by atoms with E-state index in [1.165, 1.54) is 19.2 Å². The van der Waals surface area contributed by atoms with Crippen molar-refractivity contribution in [2.45, 2.75) is 18.9 Å². The molecule has 1 heterocycles. The lowest BCUT2D eigenvalue weighted by Gasteiger charge is -2.00. The van der Waals surface area contributed by atoms with Crippen LogP contribution < -0.4 is 5.32 Å². The highest BCUT2D eigenvalue weighted by Crippen LogP contribution is 2.23. The molecule has 1 aromatic rings. The van der Waals surface area contributed by atoms with Gasteiger partial charge in [0, 0.05) is 12.1 Å². The second-order valence-electron chi connectivity index (χ2n) is 2.82. The topological polar surface area (TPSA) is 61.6 Å². The van der Waals surface area contributed by atoms with Crippen LogP contribution in [0.3, 0.4) is 0 Å². The van der Waals surface area contributed by atoms with E-state index in [0.29, 0.717) is 11.7 Å². The largest absolute Gasteiger partial charge is 0.367 e. The third-order valence-corrected chi connectivity index (χ3v) is 1.71. The molecule has 0 spiro atoms. The number of nitrogens with zero attached hydrogens (tertiary/aromatic N) is 3. The lowest BCUT2D eigenvalue weighted by molar-refractivity contribution is 1.07. The standard InChI is InChI=1S/C8H8N4/c9-4-7-3-8(11-5-10-7)12-6-1-2-6/h3,5-6H,1-2H2,(H,10,11,12). The summed E-state index contributed by atoms with van der Waals surface area (Å²) in [5.41, 5.74) is 0.410. The van der Waals surface area contributed by atoms with Gasteiger partial charge in [-0.25, -0.2) is 9.97 Å². The maximum Gasteiger partial charge on any atom is 0.145 e. The average Bonchev–Trinajstić information content (AvgIpc) is 2.89. The van der Waals surface area contributed by atoms with Gasteiger partial charge in [-0.2, -0.15) is 5.26 Å². The van der Waals surface area contributed by atoms with Crippen LogP contribution in [0.5, 0.6) is 0 Å². The first-order valence-electron chi connectivity index (χ1n) is 3.87. The molecule has 4 heteroatoms. The highest BCUT2D eigenvalue weighted by Gasteiger charge is 2.21. The molecule has 1 fully saturated rings. The maximum atomic E-state index is 8.54. The van der Waals surface area contributed by atoms with Gasteiger partial charge in [0.25, 0.3) is 0 Å². The molecule has 0 amide bonds. The molecule has 1 N–H and O–H groups in total. The Labute approximate surface area is 70.3 Å². The molecule has 12 heavy (non-hydrogen) atoms. The lowest BCUT2D eigenvalue weighted by atomic mass is 10.4. The van der Waals surface area contributed by atoms with E-state index >= 15 is 0 Å². The van der Waals surface area contributed by atoms with E-state index < -0.39 is 0 Å². The average molecular weight is 160 g/mol. The van der Waals surface area contributed by atoms with Crippen LogP contribution in [0.4, 0.5) is 5.82 Å². The van der Waals surface area contributed by atoms with Crippen LogP contribution >= 0.6 is 0 Å². The Morgan fingerprint density at radius 2 is 2.33 bits per heavy atom. The summed E-state index contributed by atoms with van der Waals surface area (Å²) < 4.78 is 0. The van der Waals surface area contributed by atoms with Gasteiger partial charge >= 0.3 is 0 Å². The van der Waals surface area contributed by atoms with Crippen molar-refractivity contribution < 1.29 is 0 Å². The quantitative estimate of drug-likeness (QED) is 0.698. The number of nitriles is 1. The molecule has 1 saturated carbocycles. The number of aromatic nitrogens is 2. The summed E-state index contributed by atoms with van der Waals surface area (Å²) in [5.74, 6) is 0.754. The third-order valence-electron chi connectivity index (χ3n) is 1.71. The molecule has 0 atom stereocenters. The molecule has 0 aromatic carbocycles. The fourth-order valence-corrected chi connectivity index (χ4v) is 0.934. The molecule has 1 aromatic heterocycles. The van der Waals surface area contributed by atoms with Gasteiger partial charge in [-0.05, 0) is 12.8 Å². The van der Waals surface area contributed by atoms with Crippen molar-refractivity contribution in [3.05, 3.63) is 18.1 Å². The normalized spacial score (nSPS) is 15.2. The molecular weight excluding hydrogens is 152 g/mol. The summed E-state index contributed by atoms with van der Waals surface area (Å²) >= 11 is 0. The molecule has 60 valence electrons. The van der Waals surface area contributed by atoms with Crippen molar-refractivity contribution in [1.29, 1.82) is 5.26 Å². The minimum Gasteiger partial charge on any atom is -0.367 e. The van der Waals surface area contributed by atoms with E-state index in [0.717, 1.165) is 5.82 Å². The predicted octanol–water partition coefficient (Wildman–Crippen LogP) is 0.923. The van der Waals surface area contributed by atoms with Crippen molar-refractivity contribution in [3.63, 3.8) is 0 Å². The SMILES string of the molecule is N#Cc1cc(NC2CC2)ncn1. The Morgan fingerprint density at radius 1 is 1.50 bits per heavy atom. The zero-order chi connectivity index (χ0) is 8.39. The Hall–Kier alpha value is -1.63. The summed E-state index contributed by atoms with van der Waals surface area (Å²) in [6, 6.07) is 4.20. The summed E-state index contributed by atoms with van der Waals surface area (Å²) in [6.07, 6.45) is 3.81. The highest BCUT2D eigenvalue weighted by atomic mass is 15.1. The van der Waals surface area contributed by atoms with Crippen LogP contribution in [0.15, 0.2) is 12.4 Å². The van der Waals surface area contributed by atoms with Crippen LogP contribution in [0.1, 0.15) is 18.5 Å². The van der Waals surface area contributed by atoms with Crippen LogP contribution in [0, 0.1) is 11.3 Å². The van der Waals surface area contributed by atoms with E-state index in [1.807, 2.05) is 6.07 Å². The van der Waals surface area contributed by atoms with Crippen LogP contribution in [-0.2, 0) is 0 Å². The van der Waals surface area contributed by atoms with Crippen molar-refractivity contribution >= 4 is 5.82 Å². The van der Waals surface area contributed by atoms with Crippen molar-refractivity contribution in [3.8, 4) is 6.07 Å². The zero-order valence-electron chi connectivity index (χ0n) is 6.49. The molecule has 0 saturated heterocycles. The number of rotatable bonds is 2. The fourth-order valence-electron chi connectivity index (χ4n) is 0.934. The molecular formula is C8H8N4. The van der Waals surface area contributed by atoms with Gasteiger partial charge in [0.15, 0.2) is 0 Å². The fraction of sp³-hybridized carbons (Fsp3) is 0.375. The van der Waals surface area contributed by atoms with Crippen LogP contribution in [0.2, 0.25) is 0 Å². The van der Waals surface area contributed by atoms with Crippen molar-refractivity contribution in [1.82, 2.24) is 9.97 Å². The Balaban J connectivity index is 2.15. The monoisotopic (exact) mass is 160 g/mol. The minimum atomic E-state index is 0.410. The van der Waals surface area contributed by atoms with Gasteiger partial charge < -0.3 is 5.32 Å². The summed E-state index contributed by atoms with van der Waals surface area (Å²) in [4.78, 5) is 7.77. The van der Waals surface area contributed by atoms with E-state index in [1.54, 1.807) is 6.07 Å². The van der Waals surface area contributed by atoms with Gasteiger partial charge in [0.05, 0.1) is 0 Å². The number of hydrogen-bond donors (Lipinski definition) is 1. The van der Waals surface area contributed by atoms with Gasteiger partial charge in [-0.1, -0.05) is 0 Å². The van der Waals surface area contributed by atoms with E-state index in [9.17, 15) is 0 Å². The Kier molecular flexibility index (Phi) is 1.63. The molecule has 0 aliphatic heterocycles. The van der Waals surface area contributed by atoms with Gasteiger partial charge in [0.2, 0.25) is 0 Å². The van der Waals surface area contributed by atoms with Gasteiger partial charge in [-0.15, -0.1) is 0 Å². The summed E-state index contributed by atoms with van der Waals surface area (Å²) in [6.45, 7) is 0. The molecule has 1 aliphatic rings. The zero-order valence-corrected chi connectivity index (χ0v) is 6.49. The molecule has 2 rings (SSSR count). The first kappa shape index (κ1) is 7.04. The maximum absolute atomic E-state index is 8.54. The number of hydrogen-bond acceptors (Lipinski definition) is 4. The summed E-state index contributed by atoms with van der Waals surface area (Å²) in [5, 5.41) is 11.7. The summed E-state index contributed by atoms with van der Waals surface area (Å²) in [7, 11) is 0. The Bertz CT molecular complexity index is 324. The van der Waals surface area contributed by atoms with Crippen molar-refractivity contribution in [2.24, 2.45) is 0 Å². The minimum absolute atomic E-state index is 0.410. The molecule has 0 unspecified atom stereocenters. The Morgan fingerprint density at radius 3 is 3.00 bits per heavy atom. The third kappa shape index (κ3) is 1.51. The first-order valence-corrected chi connectivity index (χ1v) is 3.87. The van der Waals surface area contributed by atoms with Gasteiger partial charge in [0.1, 0.15) is 23.9 Å². The smallest absolute Gasteiger partial charge is 0.145 e. The van der Waals surface area contributed by atoms with Crippen LogP contribution in [0.25, 0.3) is 0 Å². The predicted molar refractivity (Wildman–Crippen MR) is 43.4 cm³/mol. The molecule has 4 nitrogen and oxygen atoms in total. The first-order chi connectivity index (χ1) is 5.88. The second kappa shape index (κ2) is 2.78. The number of anilines is 1. The van der Waals surface area contributed by atoms with E-state index in [2.05, 4.69) is 15.3 Å². The van der Waals surface area contributed by atoms with Gasteiger partial charge in [-0.3, -0.25) is 0 Å².